The van der Waals surface area contributed by atoms with E-state index in [2.05, 4.69) is 132 Å². The van der Waals surface area contributed by atoms with Gasteiger partial charge in [-0.05, 0) is 5.41 Å². The molecule has 38 heavy (non-hydrogen) atoms. The van der Waals surface area contributed by atoms with E-state index < -0.39 is 0 Å². The van der Waals surface area contributed by atoms with E-state index in [0.717, 1.165) is 0 Å². The van der Waals surface area contributed by atoms with E-state index in [0.29, 0.717) is 10.7 Å². The zero-order valence-corrected chi connectivity index (χ0v) is 55.2. The van der Waals surface area contributed by atoms with Gasteiger partial charge in [0.2, 0.25) is 0 Å². The van der Waals surface area contributed by atoms with Crippen LogP contribution in [-0.4, -0.2) is 14.6 Å². The normalized spacial score (nSPS) is 7.68. The predicted molar refractivity (Wildman–Crippen MR) is 147 cm³/mol. The summed E-state index contributed by atoms with van der Waals surface area (Å²) in [5, 5.41) is 0.360. The SMILES string of the molecule is CC(C)(C)C.C[C-](C)C.C[C-](C)[B]C(C)(C)C.C[C-](C)[B][C-](C)C.C[CH-]C.[CH2-]C.[Y].[Y].[Y].[Y].[Y].[Y].[Y].[Y].[Y]. The molecule has 0 aromatic heterocycles. The van der Waals surface area contributed by atoms with Gasteiger partial charge in [-0.25, -0.2) is 0 Å². The molecule has 207 valence electrons. The van der Waals surface area contributed by atoms with Crippen molar-refractivity contribution < 1.29 is 294 Å². The molecule has 0 N–H and O–H groups in total. The molecule has 0 amide bonds. The predicted octanol–water partition coefficient (Wildman–Crippen LogP) is 10.0. The van der Waals surface area contributed by atoms with Crippen molar-refractivity contribution >= 4 is 14.6 Å². The van der Waals surface area contributed by atoms with Crippen molar-refractivity contribution in [3.05, 3.63) is 36.7 Å². The Morgan fingerprint density at radius 3 is 0.605 bits per heavy atom. The zero-order valence-electron chi connectivity index (χ0n) is 29.6. The summed E-state index contributed by atoms with van der Waals surface area (Å²) >= 11 is 0. The van der Waals surface area contributed by atoms with Crippen LogP contribution in [0, 0.1) is 42.1 Å². The second-order valence-electron chi connectivity index (χ2n) is 11.0. The van der Waals surface area contributed by atoms with Gasteiger partial charge >= 0.3 is 0 Å². The molecule has 0 nitrogen and oxygen atoms in total. The first-order valence-electron chi connectivity index (χ1n) is 11.0. The van der Waals surface area contributed by atoms with Gasteiger partial charge in [0.1, 0.15) is 0 Å². The summed E-state index contributed by atoms with van der Waals surface area (Å²) in [6.45, 7) is 43.3. The fraction of sp³-hybridized carbons (Fsp3) is 0.778. The average Bonchev–Trinajstić information content (AvgIpc) is 2.34. The summed E-state index contributed by atoms with van der Waals surface area (Å²) in [5.41, 5.74) is 0.500. The maximum atomic E-state index is 3.25. The molecule has 0 rings (SSSR count). The molecule has 0 saturated heterocycles. The second kappa shape index (κ2) is 72.7. The van der Waals surface area contributed by atoms with Crippen LogP contribution in [0.2, 0.25) is 5.31 Å². The smallest absolute Gasteiger partial charge is 0 e. The Bertz CT molecular complexity index is 255. The maximum Gasteiger partial charge on any atom is 0 e. The molecule has 0 saturated carbocycles. The molecule has 0 bridgehead atoms. The van der Waals surface area contributed by atoms with Crippen LogP contribution >= 0.6 is 0 Å². The van der Waals surface area contributed by atoms with Crippen LogP contribution in [0.5, 0.6) is 0 Å². The van der Waals surface area contributed by atoms with Crippen molar-refractivity contribution in [2.75, 3.05) is 0 Å². The molecule has 0 atom stereocenters. The van der Waals surface area contributed by atoms with Gasteiger partial charge in [0.15, 0.2) is 0 Å². The van der Waals surface area contributed by atoms with Crippen LogP contribution in [0.25, 0.3) is 0 Å². The molecule has 0 spiro atoms. The first-order chi connectivity index (χ1) is 12.7. The molecule has 0 heterocycles. The Balaban J connectivity index is -0.0000000128. The van der Waals surface area contributed by atoms with E-state index >= 15 is 0 Å². The van der Waals surface area contributed by atoms with E-state index in [9.17, 15) is 0 Å². The van der Waals surface area contributed by atoms with Gasteiger partial charge in [0, 0.05) is 294 Å². The summed E-state index contributed by atoms with van der Waals surface area (Å²) in [6.07, 6.45) is 2.00. The van der Waals surface area contributed by atoms with E-state index in [1.165, 1.54) is 23.4 Å². The van der Waals surface area contributed by atoms with E-state index in [1.807, 2.05) is 20.3 Å². The van der Waals surface area contributed by atoms with Gasteiger partial charge in [0.05, 0.1) is 0 Å². The van der Waals surface area contributed by atoms with Crippen LogP contribution in [0.15, 0.2) is 0 Å². The summed E-state index contributed by atoms with van der Waals surface area (Å²) in [4.78, 5) is 0. The number of hydrogen-bond acceptors (Lipinski definition) is 0. The van der Waals surface area contributed by atoms with Crippen LogP contribution < -0.4 is 0 Å². The molecule has 0 aromatic carbocycles. The summed E-state index contributed by atoms with van der Waals surface area (Å²) in [5.74, 6) is 5.57. The monoisotopic (exact) mass is 1210 g/mol. The molecular formula is C27H60B2Y9-6. The first-order valence-corrected chi connectivity index (χ1v) is 11.0. The van der Waals surface area contributed by atoms with Gasteiger partial charge in [-0.2, -0.15) is 83.1 Å². The standard InChI is InChI=1S/C7H15B.C6H12B.C5H12.C4H9.C3H7.C2H5.9Y/c1-6(2)8-7(3,4)5;1-5(2)7-6(3)4;1-5(2,3)4;1-4(2)3;1-3-2;1-2;;;;;;;;;/h1-5H3;1-4H3;1-4H3;1-3H3;3H,1-2H3;1H2,2H3;;;;;;;;;/q-1;-2;;3*-1;;;;;;;;;. The fourth-order valence-electron chi connectivity index (χ4n) is 1.44. The minimum atomic E-state index is 0. The van der Waals surface area contributed by atoms with E-state index in [-0.39, 0.29) is 294 Å². The van der Waals surface area contributed by atoms with Gasteiger partial charge in [-0.3, -0.25) is 0 Å². The Hall–Kier alpha value is 10.1. The summed E-state index contributed by atoms with van der Waals surface area (Å²) in [7, 11) is 4.44. The minimum absolute atomic E-state index is 0. The minimum Gasteiger partial charge on any atom is -0.378 e. The van der Waals surface area contributed by atoms with Gasteiger partial charge < -0.3 is 44.0 Å². The average molecular weight is 1210 g/mol. The molecular weight excluding hydrogens is 1150 g/mol. The molecule has 11 heteroatoms. The maximum absolute atomic E-state index is 3.25. The fourth-order valence-corrected chi connectivity index (χ4v) is 1.44. The van der Waals surface area contributed by atoms with Crippen LogP contribution in [0.3, 0.4) is 0 Å². The third kappa shape index (κ3) is 257. The van der Waals surface area contributed by atoms with E-state index in [4.69, 9.17) is 0 Å². The summed E-state index contributed by atoms with van der Waals surface area (Å²) in [6, 6.07) is 0. The second-order valence-corrected chi connectivity index (χ2v) is 11.0. The van der Waals surface area contributed by atoms with Crippen molar-refractivity contribution in [3.8, 4) is 0 Å². The van der Waals surface area contributed by atoms with Crippen molar-refractivity contribution in [3.63, 3.8) is 0 Å². The Kier molecular flexibility index (Phi) is 186. The molecule has 0 aliphatic carbocycles. The first kappa shape index (κ1) is 97.4. The number of hydrogen-bond donors (Lipinski definition) is 0. The zero-order chi connectivity index (χ0) is 25.4. The largest absolute Gasteiger partial charge is 0.378 e. The molecule has 0 aliphatic heterocycles. The van der Waals surface area contributed by atoms with E-state index in [1.54, 1.807) is 6.92 Å². The molecule has 0 aromatic rings. The van der Waals surface area contributed by atoms with Gasteiger partial charge in [-0.1, -0.05) is 61.1 Å². The molecule has 0 aliphatic rings. The van der Waals surface area contributed by atoms with Gasteiger partial charge in [0.25, 0.3) is 0 Å². The molecule has 11 radical (unpaired) electrons. The van der Waals surface area contributed by atoms with Crippen molar-refractivity contribution in [2.45, 2.75) is 137 Å². The van der Waals surface area contributed by atoms with Crippen LogP contribution in [0.4, 0.5) is 0 Å². The molecule has 0 unspecified atom stereocenters. The topological polar surface area (TPSA) is 0 Å². The van der Waals surface area contributed by atoms with Gasteiger partial charge in [-0.15, -0.1) is 0 Å². The van der Waals surface area contributed by atoms with Crippen molar-refractivity contribution in [1.29, 1.82) is 0 Å². The van der Waals surface area contributed by atoms with Crippen molar-refractivity contribution in [2.24, 2.45) is 5.41 Å². The third-order valence-corrected chi connectivity index (χ3v) is 1.30. The Labute approximate surface area is 476 Å². The van der Waals surface area contributed by atoms with Crippen LogP contribution in [-0.2, 0) is 294 Å². The Morgan fingerprint density at radius 1 is 0.474 bits per heavy atom. The molecule has 0 fully saturated rings. The van der Waals surface area contributed by atoms with Crippen LogP contribution in [0.1, 0.15) is 132 Å². The summed E-state index contributed by atoms with van der Waals surface area (Å²) < 4.78 is 0. The Morgan fingerprint density at radius 2 is 0.605 bits per heavy atom. The quantitative estimate of drug-likeness (QED) is 0.195. The van der Waals surface area contributed by atoms with Crippen molar-refractivity contribution in [1.82, 2.24) is 0 Å². The third-order valence-electron chi connectivity index (χ3n) is 1.30. The number of rotatable bonds is 3.